The van der Waals surface area contributed by atoms with Crippen molar-refractivity contribution in [3.63, 3.8) is 0 Å². The van der Waals surface area contributed by atoms with E-state index in [1.54, 1.807) is 24.3 Å². The summed E-state index contributed by atoms with van der Waals surface area (Å²) in [4.78, 5) is 22.9. The molecule has 1 atom stereocenters. The van der Waals surface area contributed by atoms with Gasteiger partial charge in [0, 0.05) is 17.8 Å². The number of methoxy groups -OCH3 is 2. The lowest BCUT2D eigenvalue weighted by atomic mass is 10.1. The van der Waals surface area contributed by atoms with Gasteiger partial charge in [0.2, 0.25) is 9.70 Å². The van der Waals surface area contributed by atoms with Crippen molar-refractivity contribution < 1.29 is 19.2 Å². The quantitative estimate of drug-likeness (QED) is 0.157. The Balaban J connectivity index is 2.05. The molecule has 2 aromatic carbocycles. The molecule has 0 heterocycles. The van der Waals surface area contributed by atoms with Gasteiger partial charge in [0.1, 0.15) is 6.17 Å². The van der Waals surface area contributed by atoms with Gasteiger partial charge in [-0.15, -0.1) is 0 Å². The number of amides is 1. The SMILES string of the molecule is COc1ccc(CC(=O)NC(NC(=S)Nc2cccc([N+](=O)[O-])c2)C(Cl)(Cl)Cl)cc1OC. The summed E-state index contributed by atoms with van der Waals surface area (Å²) in [5.74, 6) is 0.533. The van der Waals surface area contributed by atoms with Gasteiger partial charge in [-0.05, 0) is 36.0 Å². The van der Waals surface area contributed by atoms with Crippen LogP contribution in [0.1, 0.15) is 5.56 Å². The Morgan fingerprint density at radius 2 is 1.81 bits per heavy atom. The van der Waals surface area contributed by atoms with Crippen LogP contribution in [0.25, 0.3) is 0 Å². The molecule has 2 rings (SSSR count). The number of carbonyl (C=O) groups is 1. The zero-order valence-corrected chi connectivity index (χ0v) is 19.9. The first-order valence-electron chi connectivity index (χ1n) is 8.92. The number of nitrogens with one attached hydrogen (secondary N) is 3. The number of nitro benzene ring substituents is 1. The number of carbonyl (C=O) groups excluding carboxylic acids is 1. The number of nitro groups is 1. The Hall–Kier alpha value is -2.53. The third-order valence-corrected chi connectivity index (χ3v) is 4.91. The summed E-state index contributed by atoms with van der Waals surface area (Å²) in [7, 11) is 2.99. The number of benzene rings is 2. The van der Waals surface area contributed by atoms with Gasteiger partial charge < -0.3 is 25.4 Å². The molecule has 172 valence electrons. The van der Waals surface area contributed by atoms with Crippen molar-refractivity contribution in [2.75, 3.05) is 19.5 Å². The largest absolute Gasteiger partial charge is 0.493 e. The molecule has 0 radical (unpaired) electrons. The van der Waals surface area contributed by atoms with Gasteiger partial charge in [0.05, 0.1) is 25.6 Å². The molecule has 0 fully saturated rings. The number of ether oxygens (including phenoxy) is 2. The van der Waals surface area contributed by atoms with Crippen molar-refractivity contribution in [3.8, 4) is 11.5 Å². The third-order valence-electron chi connectivity index (χ3n) is 4.04. The van der Waals surface area contributed by atoms with Crippen LogP contribution in [0.15, 0.2) is 42.5 Å². The molecule has 0 aliphatic heterocycles. The molecule has 32 heavy (non-hydrogen) atoms. The van der Waals surface area contributed by atoms with Crippen molar-refractivity contribution in [2.45, 2.75) is 16.4 Å². The van der Waals surface area contributed by atoms with Crippen molar-refractivity contribution in [1.82, 2.24) is 10.6 Å². The number of thiocarbonyl (C=S) groups is 1. The van der Waals surface area contributed by atoms with E-state index >= 15 is 0 Å². The van der Waals surface area contributed by atoms with Crippen LogP contribution < -0.4 is 25.4 Å². The molecule has 1 unspecified atom stereocenters. The lowest BCUT2D eigenvalue weighted by Gasteiger charge is -2.27. The van der Waals surface area contributed by atoms with Crippen LogP contribution in [0.2, 0.25) is 0 Å². The Morgan fingerprint density at radius 3 is 2.41 bits per heavy atom. The highest BCUT2D eigenvalue weighted by molar-refractivity contribution is 7.80. The van der Waals surface area contributed by atoms with E-state index in [-0.39, 0.29) is 17.2 Å². The van der Waals surface area contributed by atoms with Gasteiger partial charge in [-0.3, -0.25) is 14.9 Å². The summed E-state index contributed by atoms with van der Waals surface area (Å²) in [6, 6.07) is 10.7. The Kier molecular flexibility index (Phi) is 9.14. The number of alkyl halides is 3. The maximum atomic E-state index is 12.5. The average molecular weight is 522 g/mol. The van der Waals surface area contributed by atoms with Gasteiger partial charge in [-0.2, -0.15) is 0 Å². The second-order valence-corrected chi connectivity index (χ2v) is 9.09. The van der Waals surface area contributed by atoms with E-state index in [0.29, 0.717) is 22.7 Å². The minimum absolute atomic E-state index is 0.0201. The van der Waals surface area contributed by atoms with E-state index in [9.17, 15) is 14.9 Å². The third kappa shape index (κ3) is 7.56. The fraction of sp³-hybridized carbons (Fsp3) is 0.263. The predicted molar refractivity (Wildman–Crippen MR) is 128 cm³/mol. The van der Waals surface area contributed by atoms with E-state index < -0.39 is 20.8 Å². The topological polar surface area (TPSA) is 115 Å². The zero-order chi connectivity index (χ0) is 23.9. The highest BCUT2D eigenvalue weighted by atomic mass is 35.6. The summed E-state index contributed by atoms with van der Waals surface area (Å²) in [5, 5.41) is 18.9. The van der Waals surface area contributed by atoms with Gasteiger partial charge in [-0.1, -0.05) is 46.9 Å². The van der Waals surface area contributed by atoms with Crippen LogP contribution in [-0.4, -0.2) is 40.1 Å². The van der Waals surface area contributed by atoms with E-state index in [2.05, 4.69) is 16.0 Å². The summed E-state index contributed by atoms with van der Waals surface area (Å²) in [6.07, 6.45) is -1.23. The van der Waals surface area contributed by atoms with Crippen molar-refractivity contribution in [2.24, 2.45) is 0 Å². The fourth-order valence-electron chi connectivity index (χ4n) is 2.58. The average Bonchev–Trinajstić information content (AvgIpc) is 2.72. The van der Waals surface area contributed by atoms with E-state index in [1.165, 1.54) is 32.4 Å². The highest BCUT2D eigenvalue weighted by Gasteiger charge is 2.34. The van der Waals surface area contributed by atoms with Gasteiger partial charge in [0.25, 0.3) is 5.69 Å². The van der Waals surface area contributed by atoms with Crippen LogP contribution >= 0.6 is 47.0 Å². The van der Waals surface area contributed by atoms with Crippen LogP contribution in [0.5, 0.6) is 11.5 Å². The minimum Gasteiger partial charge on any atom is -0.493 e. The first-order valence-corrected chi connectivity index (χ1v) is 10.5. The summed E-state index contributed by atoms with van der Waals surface area (Å²) < 4.78 is 8.44. The number of hydrogen-bond acceptors (Lipinski definition) is 6. The standard InChI is InChI=1S/C19H19Cl3N4O5S/c1-30-14-7-6-11(8-15(14)31-2)9-16(27)24-17(19(20,21)22)25-18(32)23-12-4-3-5-13(10-12)26(28)29/h3-8,10,17H,9H2,1-2H3,(H,24,27)(H2,23,25,32). The smallest absolute Gasteiger partial charge is 0.271 e. The summed E-state index contributed by atoms with van der Waals surface area (Å²) in [5.41, 5.74) is 0.857. The molecule has 0 spiro atoms. The number of rotatable bonds is 8. The lowest BCUT2D eigenvalue weighted by molar-refractivity contribution is -0.384. The van der Waals surface area contributed by atoms with Crippen LogP contribution in [-0.2, 0) is 11.2 Å². The molecular weight excluding hydrogens is 503 g/mol. The fourth-order valence-corrected chi connectivity index (χ4v) is 3.15. The van der Waals surface area contributed by atoms with Crippen LogP contribution in [0.4, 0.5) is 11.4 Å². The number of hydrogen-bond donors (Lipinski definition) is 3. The minimum atomic E-state index is -1.96. The van der Waals surface area contributed by atoms with Gasteiger partial charge in [0.15, 0.2) is 16.6 Å². The monoisotopic (exact) mass is 520 g/mol. The first-order chi connectivity index (χ1) is 15.0. The molecule has 1 amide bonds. The molecule has 0 saturated carbocycles. The van der Waals surface area contributed by atoms with E-state index in [0.717, 1.165) is 0 Å². The molecule has 0 aromatic heterocycles. The summed E-state index contributed by atoms with van der Waals surface area (Å²) >= 11 is 23.1. The molecule has 0 aliphatic rings. The summed E-state index contributed by atoms with van der Waals surface area (Å²) in [6.45, 7) is 0. The maximum absolute atomic E-state index is 12.5. The van der Waals surface area contributed by atoms with Crippen molar-refractivity contribution in [3.05, 3.63) is 58.1 Å². The highest BCUT2D eigenvalue weighted by Crippen LogP contribution is 2.30. The molecular formula is C19H19Cl3N4O5S. The second kappa shape index (κ2) is 11.4. The maximum Gasteiger partial charge on any atom is 0.271 e. The molecule has 3 N–H and O–H groups in total. The normalized spacial score (nSPS) is 11.8. The molecule has 0 aliphatic carbocycles. The molecule has 9 nitrogen and oxygen atoms in total. The van der Waals surface area contributed by atoms with Gasteiger partial charge in [-0.25, -0.2) is 0 Å². The Labute approximate surface area is 204 Å². The number of anilines is 1. The van der Waals surface area contributed by atoms with Crippen molar-refractivity contribution >= 4 is 69.4 Å². The van der Waals surface area contributed by atoms with Gasteiger partial charge >= 0.3 is 0 Å². The second-order valence-electron chi connectivity index (χ2n) is 6.31. The Morgan fingerprint density at radius 1 is 1.12 bits per heavy atom. The molecule has 0 bridgehead atoms. The zero-order valence-electron chi connectivity index (χ0n) is 16.9. The molecule has 0 saturated heterocycles. The number of non-ortho nitro benzene ring substituents is 1. The van der Waals surface area contributed by atoms with Crippen LogP contribution in [0, 0.1) is 10.1 Å². The number of nitrogens with zero attached hydrogens (tertiary/aromatic N) is 1. The lowest BCUT2D eigenvalue weighted by Crippen LogP contribution is -2.56. The van der Waals surface area contributed by atoms with Crippen molar-refractivity contribution in [1.29, 1.82) is 0 Å². The van der Waals surface area contributed by atoms with Crippen LogP contribution in [0.3, 0.4) is 0 Å². The Bertz CT molecular complexity index is 1000. The first kappa shape index (κ1) is 25.7. The van der Waals surface area contributed by atoms with E-state index in [4.69, 9.17) is 56.5 Å². The predicted octanol–water partition coefficient (Wildman–Crippen LogP) is 3.95. The molecule has 13 heteroatoms. The number of halogens is 3. The van der Waals surface area contributed by atoms with E-state index in [1.807, 2.05) is 0 Å². The molecule has 2 aromatic rings.